The third-order valence-corrected chi connectivity index (χ3v) is 5.51. The first-order valence-electron chi connectivity index (χ1n) is 10.5. The number of nitrogens with one attached hydrogen (secondary N) is 1. The molecule has 152 valence electrons. The largest absolute Gasteiger partial charge is 0.444 e. The third-order valence-electron chi connectivity index (χ3n) is 5.51. The number of hydrogen-bond donors (Lipinski definition) is 1. The Morgan fingerprint density at radius 3 is 2.81 bits per heavy atom. The molecule has 1 saturated heterocycles. The molecule has 0 saturated carbocycles. The number of aromatic nitrogens is 3. The van der Waals surface area contributed by atoms with Crippen LogP contribution in [0.1, 0.15) is 71.4 Å². The smallest absolute Gasteiger partial charge is 0.410 e. The lowest BCUT2D eigenvalue weighted by Crippen LogP contribution is -2.49. The van der Waals surface area contributed by atoms with E-state index in [9.17, 15) is 4.79 Å². The maximum atomic E-state index is 12.5. The van der Waals surface area contributed by atoms with Gasteiger partial charge in [0, 0.05) is 38.5 Å². The zero-order valence-electron chi connectivity index (χ0n) is 17.3. The lowest BCUT2D eigenvalue weighted by molar-refractivity contribution is 0.0201. The summed E-state index contributed by atoms with van der Waals surface area (Å²) < 4.78 is 7.88. The molecule has 0 bridgehead atoms. The van der Waals surface area contributed by atoms with Crippen LogP contribution >= 0.6 is 0 Å². The number of fused-ring (bicyclic) bond motifs is 1. The summed E-state index contributed by atoms with van der Waals surface area (Å²) in [5.74, 6) is 2.23. The van der Waals surface area contributed by atoms with Gasteiger partial charge in [-0.15, -0.1) is 10.2 Å². The highest BCUT2D eigenvalue weighted by molar-refractivity contribution is 5.69. The number of ether oxygens (including phenoxy) is 1. The van der Waals surface area contributed by atoms with Gasteiger partial charge in [-0.1, -0.05) is 6.42 Å². The summed E-state index contributed by atoms with van der Waals surface area (Å²) in [6.45, 7) is 10.6. The van der Waals surface area contributed by atoms with Crippen molar-refractivity contribution in [3.8, 4) is 0 Å². The van der Waals surface area contributed by atoms with Gasteiger partial charge in [0.05, 0.1) is 6.04 Å². The zero-order valence-corrected chi connectivity index (χ0v) is 17.3. The second kappa shape index (κ2) is 8.59. The van der Waals surface area contributed by atoms with E-state index in [0.717, 1.165) is 57.0 Å². The van der Waals surface area contributed by atoms with Gasteiger partial charge < -0.3 is 19.5 Å². The summed E-state index contributed by atoms with van der Waals surface area (Å²) >= 11 is 0. The van der Waals surface area contributed by atoms with Gasteiger partial charge in [0.2, 0.25) is 0 Å². The molecule has 1 fully saturated rings. The Bertz CT molecular complexity index is 637. The van der Waals surface area contributed by atoms with Crippen molar-refractivity contribution in [1.29, 1.82) is 0 Å². The molecule has 1 aromatic rings. The number of aryl methyl sites for hydroxylation is 1. The first-order valence-corrected chi connectivity index (χ1v) is 10.5. The molecule has 0 aliphatic carbocycles. The second-order valence-electron chi connectivity index (χ2n) is 8.87. The van der Waals surface area contributed by atoms with Crippen LogP contribution in [0.25, 0.3) is 0 Å². The average molecular weight is 378 g/mol. The molecule has 1 aromatic heterocycles. The molecule has 3 rings (SSSR count). The Hall–Kier alpha value is -1.63. The van der Waals surface area contributed by atoms with Gasteiger partial charge in [0.15, 0.2) is 0 Å². The van der Waals surface area contributed by atoms with Crippen molar-refractivity contribution in [2.45, 2.75) is 96.9 Å². The molecule has 3 heterocycles. The number of carbonyl (C=O) groups is 1. The van der Waals surface area contributed by atoms with Crippen molar-refractivity contribution in [1.82, 2.24) is 25.0 Å². The van der Waals surface area contributed by atoms with E-state index in [1.165, 1.54) is 19.3 Å². The van der Waals surface area contributed by atoms with Gasteiger partial charge in [0.25, 0.3) is 0 Å². The molecular weight excluding hydrogens is 342 g/mol. The van der Waals surface area contributed by atoms with E-state index in [1.54, 1.807) is 0 Å². The first kappa shape index (κ1) is 20.1. The molecule has 27 heavy (non-hydrogen) atoms. The van der Waals surface area contributed by atoms with Gasteiger partial charge >= 0.3 is 6.09 Å². The monoisotopic (exact) mass is 377 g/mol. The summed E-state index contributed by atoms with van der Waals surface area (Å²) in [4.78, 5) is 14.4. The van der Waals surface area contributed by atoms with E-state index in [0.29, 0.717) is 0 Å². The van der Waals surface area contributed by atoms with E-state index in [4.69, 9.17) is 4.74 Å². The number of likely N-dealkylation sites (tertiary alicyclic amines) is 1. The third kappa shape index (κ3) is 5.21. The standard InChI is InChI=1S/C20H35N5O2/c1-15(16-9-8-14-24(16)19(26)27-20(2,3)4)21-12-11-18-23-22-17-10-6-5-7-13-25(17)18/h15-16,21H,5-14H2,1-4H3/t15-,16+/m1/s1. The fourth-order valence-corrected chi connectivity index (χ4v) is 4.14. The lowest BCUT2D eigenvalue weighted by atomic mass is 10.1. The van der Waals surface area contributed by atoms with Crippen molar-refractivity contribution in [3.05, 3.63) is 11.6 Å². The number of nitrogens with zero attached hydrogens (tertiary/aromatic N) is 4. The number of carbonyl (C=O) groups excluding carboxylic acids is 1. The van der Waals surface area contributed by atoms with E-state index in [-0.39, 0.29) is 18.2 Å². The minimum absolute atomic E-state index is 0.190. The molecule has 0 spiro atoms. The Balaban J connectivity index is 1.51. The van der Waals surface area contributed by atoms with Crippen LogP contribution in [0.2, 0.25) is 0 Å². The Morgan fingerprint density at radius 2 is 2.04 bits per heavy atom. The van der Waals surface area contributed by atoms with E-state index in [1.807, 2.05) is 25.7 Å². The van der Waals surface area contributed by atoms with Gasteiger partial charge in [0.1, 0.15) is 17.2 Å². The van der Waals surface area contributed by atoms with Crippen molar-refractivity contribution in [3.63, 3.8) is 0 Å². The first-order chi connectivity index (χ1) is 12.8. The SMILES string of the molecule is C[C@@H](NCCc1nnc2n1CCCCC2)[C@@H]1CCCN1C(=O)OC(C)(C)C. The normalized spacial score (nSPS) is 21.6. The van der Waals surface area contributed by atoms with Crippen LogP contribution < -0.4 is 5.32 Å². The van der Waals surface area contributed by atoms with E-state index in [2.05, 4.69) is 27.0 Å². The number of hydrogen-bond acceptors (Lipinski definition) is 5. The van der Waals surface area contributed by atoms with Crippen molar-refractivity contribution in [2.75, 3.05) is 13.1 Å². The van der Waals surface area contributed by atoms with Crippen LogP contribution in [0, 0.1) is 0 Å². The molecular formula is C20H35N5O2. The van der Waals surface area contributed by atoms with Gasteiger partial charge in [-0.05, 0) is 53.4 Å². The summed E-state index contributed by atoms with van der Waals surface area (Å²) in [6.07, 6.45) is 7.49. The maximum Gasteiger partial charge on any atom is 0.410 e. The minimum atomic E-state index is -0.452. The molecule has 0 radical (unpaired) electrons. The van der Waals surface area contributed by atoms with Gasteiger partial charge in [-0.3, -0.25) is 0 Å². The van der Waals surface area contributed by atoms with Crippen LogP contribution in [-0.4, -0.2) is 56.5 Å². The van der Waals surface area contributed by atoms with Crippen molar-refractivity contribution in [2.24, 2.45) is 0 Å². The second-order valence-corrected chi connectivity index (χ2v) is 8.87. The summed E-state index contributed by atoms with van der Waals surface area (Å²) in [7, 11) is 0. The van der Waals surface area contributed by atoms with Crippen LogP contribution in [0.3, 0.4) is 0 Å². The fourth-order valence-electron chi connectivity index (χ4n) is 4.14. The number of rotatable bonds is 5. The highest BCUT2D eigenvalue weighted by atomic mass is 16.6. The molecule has 2 atom stereocenters. The molecule has 0 unspecified atom stereocenters. The Morgan fingerprint density at radius 1 is 1.22 bits per heavy atom. The van der Waals surface area contributed by atoms with Gasteiger partial charge in [-0.25, -0.2) is 4.79 Å². The molecule has 7 nitrogen and oxygen atoms in total. The molecule has 1 N–H and O–H groups in total. The highest BCUT2D eigenvalue weighted by Gasteiger charge is 2.35. The van der Waals surface area contributed by atoms with Crippen molar-refractivity contribution >= 4 is 6.09 Å². The zero-order chi connectivity index (χ0) is 19.4. The predicted octanol–water partition coefficient (Wildman–Crippen LogP) is 2.92. The fraction of sp³-hybridized carbons (Fsp3) is 0.850. The Kier molecular flexibility index (Phi) is 6.40. The highest BCUT2D eigenvalue weighted by Crippen LogP contribution is 2.23. The quantitative estimate of drug-likeness (QED) is 0.854. The minimum Gasteiger partial charge on any atom is -0.444 e. The van der Waals surface area contributed by atoms with Crippen LogP contribution in [0.5, 0.6) is 0 Å². The van der Waals surface area contributed by atoms with Gasteiger partial charge in [-0.2, -0.15) is 0 Å². The van der Waals surface area contributed by atoms with E-state index >= 15 is 0 Å². The van der Waals surface area contributed by atoms with Crippen LogP contribution in [-0.2, 0) is 24.1 Å². The molecule has 1 amide bonds. The number of amides is 1. The maximum absolute atomic E-state index is 12.5. The molecule has 2 aliphatic rings. The van der Waals surface area contributed by atoms with Crippen molar-refractivity contribution < 1.29 is 9.53 Å². The van der Waals surface area contributed by atoms with Crippen LogP contribution in [0.15, 0.2) is 0 Å². The Labute approximate surface area is 162 Å². The van der Waals surface area contributed by atoms with Crippen LogP contribution in [0.4, 0.5) is 4.79 Å². The van der Waals surface area contributed by atoms with E-state index < -0.39 is 5.60 Å². The summed E-state index contributed by atoms with van der Waals surface area (Å²) in [5.41, 5.74) is -0.452. The molecule has 0 aromatic carbocycles. The summed E-state index contributed by atoms with van der Waals surface area (Å²) in [5, 5.41) is 12.4. The summed E-state index contributed by atoms with van der Waals surface area (Å²) in [6, 6.07) is 0.418. The average Bonchev–Trinajstić information content (AvgIpc) is 3.15. The lowest BCUT2D eigenvalue weighted by Gasteiger charge is -2.32. The molecule has 2 aliphatic heterocycles. The topological polar surface area (TPSA) is 72.3 Å². The molecule has 7 heteroatoms. The predicted molar refractivity (Wildman–Crippen MR) is 105 cm³/mol.